The zero-order chi connectivity index (χ0) is 8.32. The van der Waals surface area contributed by atoms with Crippen molar-refractivity contribution in [2.24, 2.45) is 11.7 Å². The summed E-state index contributed by atoms with van der Waals surface area (Å²) in [6, 6.07) is 0. The van der Waals surface area contributed by atoms with Crippen LogP contribution in [0.3, 0.4) is 0 Å². The molecule has 0 radical (unpaired) electrons. The van der Waals surface area contributed by atoms with Crippen LogP contribution in [0, 0.1) is 5.92 Å². The van der Waals surface area contributed by atoms with Gasteiger partial charge in [-0.25, -0.2) is 0 Å². The summed E-state index contributed by atoms with van der Waals surface area (Å²) in [5.74, 6) is 0.878. The molecule has 2 nitrogen and oxygen atoms in total. The molecule has 11 heavy (non-hydrogen) atoms. The van der Waals surface area contributed by atoms with E-state index in [4.69, 9.17) is 5.73 Å². The van der Waals surface area contributed by atoms with Gasteiger partial charge in [-0.2, -0.15) is 0 Å². The zero-order valence-corrected chi connectivity index (χ0v) is 7.69. The summed E-state index contributed by atoms with van der Waals surface area (Å²) in [6.07, 6.45) is 3.74. The van der Waals surface area contributed by atoms with Crippen molar-refractivity contribution in [2.45, 2.75) is 38.6 Å². The van der Waals surface area contributed by atoms with E-state index in [-0.39, 0.29) is 0 Å². The van der Waals surface area contributed by atoms with Crippen LogP contribution in [-0.4, -0.2) is 18.6 Å². The molecule has 0 aliphatic heterocycles. The Labute approximate surface area is 69.5 Å². The fourth-order valence-corrected chi connectivity index (χ4v) is 2.05. The third-order valence-corrected chi connectivity index (χ3v) is 2.62. The first kappa shape index (κ1) is 9.01. The third kappa shape index (κ3) is 1.94. The van der Waals surface area contributed by atoms with Gasteiger partial charge in [-0.3, -0.25) is 0 Å². The van der Waals surface area contributed by atoms with Crippen LogP contribution in [0.4, 0.5) is 0 Å². The van der Waals surface area contributed by atoms with E-state index in [0.717, 1.165) is 19.0 Å². The summed E-state index contributed by atoms with van der Waals surface area (Å²) in [6.45, 7) is 6.40. The van der Waals surface area contributed by atoms with E-state index in [0.29, 0.717) is 5.54 Å². The monoisotopic (exact) mass is 156 g/mol. The Morgan fingerprint density at radius 3 is 2.55 bits per heavy atom. The molecule has 0 spiro atoms. The van der Waals surface area contributed by atoms with Gasteiger partial charge in [0.1, 0.15) is 0 Å². The number of hydrogen-bond acceptors (Lipinski definition) is 2. The number of nitrogens with two attached hydrogens (primary N) is 1. The lowest BCUT2D eigenvalue weighted by molar-refractivity contribution is 0.124. The van der Waals surface area contributed by atoms with E-state index in [1.165, 1.54) is 19.3 Å². The maximum absolute atomic E-state index is 5.71. The first-order chi connectivity index (χ1) is 5.22. The van der Waals surface area contributed by atoms with Crippen LogP contribution in [0.5, 0.6) is 0 Å². The molecular weight excluding hydrogens is 136 g/mol. The van der Waals surface area contributed by atoms with Crippen LogP contribution in [0.25, 0.3) is 0 Å². The average molecular weight is 156 g/mol. The lowest BCUT2D eigenvalue weighted by atomic mass is 9.69. The molecule has 66 valence electrons. The van der Waals surface area contributed by atoms with Gasteiger partial charge in [0.05, 0.1) is 0 Å². The van der Waals surface area contributed by atoms with Crippen LogP contribution < -0.4 is 11.1 Å². The molecule has 3 N–H and O–H groups in total. The van der Waals surface area contributed by atoms with Crippen molar-refractivity contribution in [3.8, 4) is 0 Å². The highest BCUT2D eigenvalue weighted by atomic mass is 15.0. The molecular formula is C9H20N2. The van der Waals surface area contributed by atoms with Crippen LogP contribution in [0.15, 0.2) is 0 Å². The van der Waals surface area contributed by atoms with Gasteiger partial charge >= 0.3 is 0 Å². The van der Waals surface area contributed by atoms with E-state index in [9.17, 15) is 0 Å². The minimum atomic E-state index is 0.315. The quantitative estimate of drug-likeness (QED) is 0.640. The van der Waals surface area contributed by atoms with E-state index >= 15 is 0 Å². The standard InChI is InChI=1S/C9H20N2/c1-3-4-11-9(7-10)5-8(2)6-9/h8,11H,3-7,10H2,1-2H3. The SMILES string of the molecule is CCCNC1(CN)CC(C)C1. The topological polar surface area (TPSA) is 38.0 Å². The summed E-state index contributed by atoms with van der Waals surface area (Å²) < 4.78 is 0. The lowest BCUT2D eigenvalue weighted by Crippen LogP contribution is -2.59. The Hall–Kier alpha value is -0.0800. The Morgan fingerprint density at radius 2 is 2.18 bits per heavy atom. The van der Waals surface area contributed by atoms with Crippen molar-refractivity contribution in [1.29, 1.82) is 0 Å². The summed E-state index contributed by atoms with van der Waals surface area (Å²) in [7, 11) is 0. The largest absolute Gasteiger partial charge is 0.329 e. The third-order valence-electron chi connectivity index (χ3n) is 2.62. The van der Waals surface area contributed by atoms with Crippen molar-refractivity contribution in [3.05, 3.63) is 0 Å². The van der Waals surface area contributed by atoms with Gasteiger partial charge in [0.15, 0.2) is 0 Å². The van der Waals surface area contributed by atoms with Gasteiger partial charge in [0, 0.05) is 12.1 Å². The molecule has 0 atom stereocenters. The highest BCUT2D eigenvalue weighted by Crippen LogP contribution is 2.36. The van der Waals surface area contributed by atoms with E-state index in [1.54, 1.807) is 0 Å². The number of hydrogen-bond donors (Lipinski definition) is 2. The number of nitrogens with one attached hydrogen (secondary N) is 1. The fraction of sp³-hybridized carbons (Fsp3) is 1.00. The van der Waals surface area contributed by atoms with E-state index in [2.05, 4.69) is 19.2 Å². The summed E-state index contributed by atoms with van der Waals surface area (Å²) in [5.41, 5.74) is 6.02. The molecule has 0 amide bonds. The van der Waals surface area contributed by atoms with Crippen molar-refractivity contribution >= 4 is 0 Å². The van der Waals surface area contributed by atoms with Gasteiger partial charge < -0.3 is 11.1 Å². The van der Waals surface area contributed by atoms with Crippen molar-refractivity contribution < 1.29 is 0 Å². The van der Waals surface area contributed by atoms with E-state index in [1.807, 2.05) is 0 Å². The summed E-state index contributed by atoms with van der Waals surface area (Å²) in [5, 5.41) is 3.54. The van der Waals surface area contributed by atoms with Gasteiger partial charge in [-0.1, -0.05) is 13.8 Å². The molecule has 1 rings (SSSR count). The Kier molecular flexibility index (Phi) is 2.90. The van der Waals surface area contributed by atoms with Gasteiger partial charge in [0.2, 0.25) is 0 Å². The summed E-state index contributed by atoms with van der Waals surface area (Å²) in [4.78, 5) is 0. The molecule has 0 saturated heterocycles. The van der Waals surface area contributed by atoms with Crippen molar-refractivity contribution in [2.75, 3.05) is 13.1 Å². The van der Waals surface area contributed by atoms with Crippen molar-refractivity contribution in [1.82, 2.24) is 5.32 Å². The Bertz CT molecular complexity index is 117. The van der Waals surface area contributed by atoms with E-state index < -0.39 is 0 Å². The predicted molar refractivity (Wildman–Crippen MR) is 48.5 cm³/mol. The van der Waals surface area contributed by atoms with Gasteiger partial charge in [-0.05, 0) is 31.7 Å². The smallest absolute Gasteiger partial charge is 0.0309 e. The molecule has 0 aromatic heterocycles. The molecule has 1 saturated carbocycles. The van der Waals surface area contributed by atoms with Crippen LogP contribution in [0.2, 0.25) is 0 Å². The Morgan fingerprint density at radius 1 is 1.55 bits per heavy atom. The fourth-order valence-electron chi connectivity index (χ4n) is 2.05. The second-order valence-corrected chi connectivity index (χ2v) is 3.92. The molecule has 0 unspecified atom stereocenters. The maximum atomic E-state index is 5.71. The minimum absolute atomic E-state index is 0.315. The predicted octanol–water partition coefficient (Wildman–Crippen LogP) is 1.11. The normalized spacial score (nSPS) is 36.8. The van der Waals surface area contributed by atoms with Crippen molar-refractivity contribution in [3.63, 3.8) is 0 Å². The molecule has 0 aromatic carbocycles. The lowest BCUT2D eigenvalue weighted by Gasteiger charge is -2.46. The zero-order valence-electron chi connectivity index (χ0n) is 7.69. The summed E-state index contributed by atoms with van der Waals surface area (Å²) >= 11 is 0. The second kappa shape index (κ2) is 3.55. The molecule has 0 bridgehead atoms. The number of rotatable bonds is 4. The minimum Gasteiger partial charge on any atom is -0.329 e. The molecule has 0 heterocycles. The molecule has 1 aliphatic carbocycles. The van der Waals surface area contributed by atoms with Crippen LogP contribution in [0.1, 0.15) is 33.1 Å². The van der Waals surface area contributed by atoms with Gasteiger partial charge in [0.25, 0.3) is 0 Å². The second-order valence-electron chi connectivity index (χ2n) is 3.92. The Balaban J connectivity index is 2.26. The molecule has 2 heteroatoms. The highest BCUT2D eigenvalue weighted by molar-refractivity contribution is 5.00. The average Bonchev–Trinajstić information content (AvgIpc) is 1.96. The first-order valence-electron chi connectivity index (χ1n) is 4.67. The van der Waals surface area contributed by atoms with Crippen LogP contribution >= 0.6 is 0 Å². The molecule has 0 aromatic rings. The maximum Gasteiger partial charge on any atom is 0.0309 e. The highest BCUT2D eigenvalue weighted by Gasteiger charge is 2.39. The van der Waals surface area contributed by atoms with Crippen LogP contribution in [-0.2, 0) is 0 Å². The first-order valence-corrected chi connectivity index (χ1v) is 4.67. The van der Waals surface area contributed by atoms with Gasteiger partial charge in [-0.15, -0.1) is 0 Å². The molecule has 1 aliphatic rings. The molecule has 1 fully saturated rings.